The van der Waals surface area contributed by atoms with Crippen molar-refractivity contribution in [2.24, 2.45) is 0 Å². The van der Waals surface area contributed by atoms with Gasteiger partial charge in [0, 0.05) is 37.2 Å². The lowest BCUT2D eigenvalue weighted by Gasteiger charge is -2.42. The van der Waals surface area contributed by atoms with Crippen LogP contribution in [-0.2, 0) is 6.18 Å². The van der Waals surface area contributed by atoms with Gasteiger partial charge in [-0.3, -0.25) is 9.59 Å². The molecule has 11 heteroatoms. The van der Waals surface area contributed by atoms with E-state index in [0.29, 0.717) is 34.0 Å². The highest BCUT2D eigenvalue weighted by Crippen LogP contribution is 2.42. The largest absolute Gasteiger partial charge is 0.496 e. The first-order valence-electron chi connectivity index (χ1n) is 12.2. The number of nitrogens with one attached hydrogen (secondary N) is 1. The fourth-order valence-corrected chi connectivity index (χ4v) is 5.58. The molecule has 0 bridgehead atoms. The second kappa shape index (κ2) is 11.3. The molecule has 40 heavy (non-hydrogen) atoms. The fourth-order valence-electron chi connectivity index (χ4n) is 5.27. The van der Waals surface area contributed by atoms with Crippen molar-refractivity contribution >= 4 is 34.9 Å². The van der Waals surface area contributed by atoms with Crippen molar-refractivity contribution in [1.29, 1.82) is 0 Å². The molecule has 1 saturated heterocycles. The molecule has 0 unspecified atom stereocenters. The van der Waals surface area contributed by atoms with Crippen LogP contribution in [0, 0.1) is 6.92 Å². The van der Waals surface area contributed by atoms with Crippen LogP contribution in [0.3, 0.4) is 0 Å². The Kier molecular flexibility index (Phi) is 8.40. The van der Waals surface area contributed by atoms with Gasteiger partial charge >= 0.3 is 6.18 Å². The van der Waals surface area contributed by atoms with Crippen molar-refractivity contribution in [2.75, 3.05) is 34.4 Å². The monoisotopic (exact) mass is 594 g/mol. The number of Topliss-reactive ketones (excluding diaryl/α,β-unsaturated/α-hetero) is 1. The minimum absolute atomic E-state index is 0.0480. The van der Waals surface area contributed by atoms with Crippen molar-refractivity contribution in [3.05, 3.63) is 92.5 Å². The standard InChI is InChI=1S/C29H27Cl2F3N2O4/c1-16-11-18(6-9-24(16)39-3)26(37)28(15-35-14-21(28)17-5-8-22(30)23(31)13-17)36(2)27(38)19-7-10-25(40-4)20(12-19)29(32,33)34/h5-13,21,35H,14-15H2,1-4H3/t21-,28+/m0/s1. The summed E-state index contributed by atoms with van der Waals surface area (Å²) < 4.78 is 51.5. The molecule has 1 fully saturated rings. The zero-order valence-corrected chi connectivity index (χ0v) is 23.7. The van der Waals surface area contributed by atoms with Gasteiger partial charge in [-0.2, -0.15) is 13.2 Å². The zero-order valence-electron chi connectivity index (χ0n) is 22.2. The van der Waals surface area contributed by atoms with Crippen LogP contribution in [0.1, 0.15) is 43.3 Å². The van der Waals surface area contributed by atoms with Gasteiger partial charge in [-0.05, 0) is 66.6 Å². The maximum atomic E-state index is 14.4. The minimum Gasteiger partial charge on any atom is -0.496 e. The van der Waals surface area contributed by atoms with E-state index in [4.69, 9.17) is 32.7 Å². The van der Waals surface area contributed by atoms with E-state index in [0.717, 1.165) is 19.2 Å². The number of hydrogen-bond acceptors (Lipinski definition) is 5. The van der Waals surface area contributed by atoms with Crippen molar-refractivity contribution in [3.8, 4) is 11.5 Å². The van der Waals surface area contributed by atoms with Gasteiger partial charge in [-0.1, -0.05) is 29.3 Å². The first kappa shape index (κ1) is 29.7. The second-order valence-electron chi connectivity index (χ2n) is 9.57. The number of alkyl halides is 3. The normalized spacial score (nSPS) is 18.9. The lowest BCUT2D eigenvalue weighted by molar-refractivity contribution is -0.138. The van der Waals surface area contributed by atoms with E-state index < -0.39 is 34.9 Å². The van der Waals surface area contributed by atoms with E-state index in [-0.39, 0.29) is 22.9 Å². The molecule has 6 nitrogen and oxygen atoms in total. The molecule has 2 atom stereocenters. The van der Waals surface area contributed by atoms with E-state index in [9.17, 15) is 22.8 Å². The van der Waals surface area contributed by atoms with Gasteiger partial charge in [-0.25, -0.2) is 0 Å². The van der Waals surface area contributed by atoms with E-state index >= 15 is 0 Å². The molecule has 4 rings (SSSR count). The van der Waals surface area contributed by atoms with Gasteiger partial charge in [0.05, 0.1) is 29.8 Å². The number of hydrogen-bond donors (Lipinski definition) is 1. The molecule has 0 radical (unpaired) electrons. The molecule has 1 N–H and O–H groups in total. The first-order chi connectivity index (χ1) is 18.8. The van der Waals surface area contributed by atoms with Crippen LogP contribution in [0.15, 0.2) is 54.6 Å². The summed E-state index contributed by atoms with van der Waals surface area (Å²) in [7, 11) is 4.06. The Morgan fingerprint density at radius 2 is 1.60 bits per heavy atom. The average Bonchev–Trinajstić information content (AvgIpc) is 3.38. The number of benzene rings is 3. The lowest BCUT2D eigenvalue weighted by Crippen LogP contribution is -2.59. The van der Waals surface area contributed by atoms with Gasteiger partial charge in [0.15, 0.2) is 5.78 Å². The summed E-state index contributed by atoms with van der Waals surface area (Å²) in [5, 5.41) is 3.80. The van der Waals surface area contributed by atoms with Crippen molar-refractivity contribution < 1.29 is 32.2 Å². The van der Waals surface area contributed by atoms with E-state index in [1.165, 1.54) is 25.1 Å². The zero-order chi connectivity index (χ0) is 29.4. The third-order valence-electron chi connectivity index (χ3n) is 7.37. The molecule has 1 aliphatic heterocycles. The Balaban J connectivity index is 1.88. The molecule has 0 aromatic heterocycles. The number of carbonyl (C=O) groups excluding carboxylic acids is 2. The molecule has 0 aliphatic carbocycles. The molecule has 0 saturated carbocycles. The summed E-state index contributed by atoms with van der Waals surface area (Å²) >= 11 is 12.5. The Morgan fingerprint density at radius 3 is 2.20 bits per heavy atom. The number of ketones is 1. The number of methoxy groups -OCH3 is 2. The Bertz CT molecular complexity index is 1460. The number of amides is 1. The molecule has 3 aromatic rings. The summed E-state index contributed by atoms with van der Waals surface area (Å²) in [5.41, 5.74) is -1.19. The third kappa shape index (κ3) is 5.25. The summed E-state index contributed by atoms with van der Waals surface area (Å²) in [6.45, 7) is 2.13. The smallest absolute Gasteiger partial charge is 0.419 e. The number of ether oxygens (including phenoxy) is 2. The predicted octanol–water partition coefficient (Wildman–Crippen LogP) is 6.42. The molecule has 0 spiro atoms. The number of nitrogens with zero attached hydrogens (tertiary/aromatic N) is 1. The van der Waals surface area contributed by atoms with Crippen LogP contribution in [0.2, 0.25) is 10.0 Å². The molecular formula is C29H27Cl2F3N2O4. The van der Waals surface area contributed by atoms with Crippen LogP contribution >= 0.6 is 23.2 Å². The summed E-state index contributed by atoms with van der Waals surface area (Å²) in [6.07, 6.45) is -4.76. The summed E-state index contributed by atoms with van der Waals surface area (Å²) in [5.74, 6) is -1.59. The summed E-state index contributed by atoms with van der Waals surface area (Å²) in [4.78, 5) is 29.5. The highest BCUT2D eigenvalue weighted by atomic mass is 35.5. The first-order valence-corrected chi connectivity index (χ1v) is 13.0. The van der Waals surface area contributed by atoms with Gasteiger partial charge in [0.25, 0.3) is 5.91 Å². The molecule has 212 valence electrons. The maximum Gasteiger partial charge on any atom is 0.419 e. The van der Waals surface area contributed by atoms with Gasteiger partial charge in [0.1, 0.15) is 17.0 Å². The van der Waals surface area contributed by atoms with Crippen LogP contribution in [0.25, 0.3) is 0 Å². The number of carbonyl (C=O) groups is 2. The predicted molar refractivity (Wildman–Crippen MR) is 147 cm³/mol. The van der Waals surface area contributed by atoms with E-state index in [1.807, 2.05) is 0 Å². The number of halogens is 5. The van der Waals surface area contributed by atoms with E-state index in [2.05, 4.69) is 5.32 Å². The van der Waals surface area contributed by atoms with Crippen LogP contribution in [0.5, 0.6) is 11.5 Å². The van der Waals surface area contributed by atoms with Crippen LogP contribution in [0.4, 0.5) is 13.2 Å². The fraction of sp³-hybridized carbons (Fsp3) is 0.310. The van der Waals surface area contributed by atoms with Crippen molar-refractivity contribution in [3.63, 3.8) is 0 Å². The number of aryl methyl sites for hydroxylation is 1. The Hall–Kier alpha value is -3.27. The van der Waals surface area contributed by atoms with Crippen LogP contribution < -0.4 is 14.8 Å². The maximum absolute atomic E-state index is 14.4. The average molecular weight is 595 g/mol. The Morgan fingerprint density at radius 1 is 0.950 bits per heavy atom. The van der Waals surface area contributed by atoms with E-state index in [1.54, 1.807) is 43.3 Å². The van der Waals surface area contributed by atoms with Crippen molar-refractivity contribution in [1.82, 2.24) is 10.2 Å². The molecule has 1 amide bonds. The van der Waals surface area contributed by atoms with Gasteiger partial charge in [-0.15, -0.1) is 0 Å². The Labute approximate surface area is 240 Å². The quantitative estimate of drug-likeness (QED) is 0.320. The molecule has 1 heterocycles. The van der Waals surface area contributed by atoms with Gasteiger partial charge < -0.3 is 19.7 Å². The summed E-state index contributed by atoms with van der Waals surface area (Å²) in [6, 6.07) is 13.0. The third-order valence-corrected chi connectivity index (χ3v) is 8.11. The van der Waals surface area contributed by atoms with Crippen molar-refractivity contribution in [2.45, 2.75) is 24.6 Å². The van der Waals surface area contributed by atoms with Gasteiger partial charge in [0.2, 0.25) is 0 Å². The lowest BCUT2D eigenvalue weighted by atomic mass is 9.75. The highest BCUT2D eigenvalue weighted by Gasteiger charge is 2.54. The highest BCUT2D eigenvalue weighted by molar-refractivity contribution is 6.42. The molecule has 3 aromatic carbocycles. The second-order valence-corrected chi connectivity index (χ2v) is 10.4. The molecular weight excluding hydrogens is 568 g/mol. The van der Waals surface area contributed by atoms with Crippen LogP contribution in [-0.4, -0.2) is 56.5 Å². The number of rotatable bonds is 7. The minimum atomic E-state index is -4.76. The molecule has 1 aliphatic rings. The topological polar surface area (TPSA) is 67.9 Å². The number of likely N-dealkylation sites (N-methyl/N-ethyl adjacent to an activating group) is 1. The SMILES string of the molecule is COc1ccc(C(=O)[C@@]2(N(C)C(=O)c3ccc(OC)c(C(F)(F)F)c3)CNC[C@H]2c2ccc(Cl)c(Cl)c2)cc1C.